The lowest BCUT2D eigenvalue weighted by molar-refractivity contribution is 0.0692. The molecule has 1 aromatic heterocycles. The van der Waals surface area contributed by atoms with Crippen LogP contribution in [0.25, 0.3) is 11.3 Å². The summed E-state index contributed by atoms with van der Waals surface area (Å²) in [7, 11) is 0. The molecular formula is C15H19N3O2. The van der Waals surface area contributed by atoms with Crippen molar-refractivity contribution in [3.63, 3.8) is 0 Å². The molecule has 5 heteroatoms. The molecule has 0 spiro atoms. The number of nitrogen functional groups attached to an aromatic ring is 1. The van der Waals surface area contributed by atoms with Gasteiger partial charge in [0.25, 0.3) is 0 Å². The van der Waals surface area contributed by atoms with Gasteiger partial charge in [-0.1, -0.05) is 39.0 Å². The highest BCUT2D eigenvalue weighted by Crippen LogP contribution is 2.30. The first-order chi connectivity index (χ1) is 9.20. The normalized spacial score (nSPS) is 11.6. The molecule has 2 rings (SSSR count). The van der Waals surface area contributed by atoms with Gasteiger partial charge < -0.3 is 15.8 Å². The van der Waals surface area contributed by atoms with Gasteiger partial charge in [-0.3, -0.25) is 0 Å². The summed E-state index contributed by atoms with van der Waals surface area (Å²) >= 11 is 0. The Morgan fingerprint density at radius 2 is 2.00 bits per heavy atom. The lowest BCUT2D eigenvalue weighted by Crippen LogP contribution is -2.11. The number of hydrogen-bond acceptors (Lipinski definition) is 3. The summed E-state index contributed by atoms with van der Waals surface area (Å²) in [5.74, 6) is -0.958. The maximum Gasteiger partial charge on any atom is 0.354 e. The summed E-state index contributed by atoms with van der Waals surface area (Å²) < 4.78 is 0. The van der Waals surface area contributed by atoms with Gasteiger partial charge in [0.2, 0.25) is 0 Å². The number of H-pyrrole nitrogens is 1. The largest absolute Gasteiger partial charge is 0.477 e. The molecule has 1 aromatic carbocycles. The van der Waals surface area contributed by atoms with Gasteiger partial charge in [-0.15, -0.1) is 0 Å². The van der Waals surface area contributed by atoms with E-state index in [4.69, 9.17) is 5.73 Å². The van der Waals surface area contributed by atoms with Crippen molar-refractivity contribution in [1.82, 2.24) is 9.97 Å². The number of aromatic nitrogens is 2. The number of aromatic amines is 1. The number of carboxylic acid groups (broad SMARTS) is 1. The maximum absolute atomic E-state index is 11.2. The number of nitrogens with one attached hydrogen (secondary N) is 1. The minimum Gasteiger partial charge on any atom is -0.477 e. The van der Waals surface area contributed by atoms with E-state index in [-0.39, 0.29) is 17.1 Å². The summed E-state index contributed by atoms with van der Waals surface area (Å²) in [6, 6.07) is 5.96. The smallest absolute Gasteiger partial charge is 0.354 e. The molecule has 4 N–H and O–H groups in total. The van der Waals surface area contributed by atoms with Crippen molar-refractivity contribution >= 4 is 11.9 Å². The molecule has 0 amide bonds. The predicted octanol–water partition coefficient (Wildman–Crippen LogP) is 2.96. The molecule has 106 valence electrons. The quantitative estimate of drug-likeness (QED) is 0.784. The SMILES string of the molecule is Cc1cc(C(C)(C)C)ccc1-c1nc(N)[nH]c1C(=O)O. The molecule has 2 aromatic rings. The summed E-state index contributed by atoms with van der Waals surface area (Å²) in [4.78, 5) is 17.9. The maximum atomic E-state index is 11.2. The molecule has 0 atom stereocenters. The summed E-state index contributed by atoms with van der Waals surface area (Å²) in [6.45, 7) is 8.35. The van der Waals surface area contributed by atoms with Crippen LogP contribution in [0.3, 0.4) is 0 Å². The average molecular weight is 273 g/mol. The molecule has 0 saturated carbocycles. The minimum atomic E-state index is -1.07. The van der Waals surface area contributed by atoms with Gasteiger partial charge in [0.15, 0.2) is 11.6 Å². The Balaban J connectivity index is 2.57. The number of nitrogens with two attached hydrogens (primary N) is 1. The minimum absolute atomic E-state index is 0.0223. The van der Waals surface area contributed by atoms with Gasteiger partial charge in [0.1, 0.15) is 5.69 Å². The molecule has 20 heavy (non-hydrogen) atoms. The van der Waals surface area contributed by atoms with Gasteiger partial charge in [0.05, 0.1) is 0 Å². The Bertz CT molecular complexity index is 666. The van der Waals surface area contributed by atoms with Crippen LogP contribution in [0.15, 0.2) is 18.2 Å². The number of hydrogen-bond donors (Lipinski definition) is 3. The first-order valence-electron chi connectivity index (χ1n) is 6.40. The van der Waals surface area contributed by atoms with E-state index in [0.717, 1.165) is 11.1 Å². The van der Waals surface area contributed by atoms with Crippen LogP contribution in [0.4, 0.5) is 5.95 Å². The van der Waals surface area contributed by atoms with Crippen molar-refractivity contribution in [3.8, 4) is 11.3 Å². The van der Waals surface area contributed by atoms with Crippen LogP contribution in [-0.4, -0.2) is 21.0 Å². The number of aromatic carboxylic acids is 1. The molecule has 0 unspecified atom stereocenters. The Hall–Kier alpha value is -2.30. The second-order valence-corrected chi connectivity index (χ2v) is 5.93. The highest BCUT2D eigenvalue weighted by Gasteiger charge is 2.20. The Labute approximate surface area is 117 Å². The third kappa shape index (κ3) is 2.52. The highest BCUT2D eigenvalue weighted by molar-refractivity contribution is 5.94. The third-order valence-electron chi connectivity index (χ3n) is 3.28. The Morgan fingerprint density at radius 1 is 1.35 bits per heavy atom. The van der Waals surface area contributed by atoms with E-state index in [1.165, 1.54) is 5.56 Å². The van der Waals surface area contributed by atoms with Crippen LogP contribution in [0.2, 0.25) is 0 Å². The fourth-order valence-electron chi connectivity index (χ4n) is 2.14. The number of rotatable bonds is 2. The third-order valence-corrected chi connectivity index (χ3v) is 3.28. The topological polar surface area (TPSA) is 92.0 Å². The molecule has 0 aliphatic heterocycles. The van der Waals surface area contributed by atoms with Crippen LogP contribution >= 0.6 is 0 Å². The lowest BCUT2D eigenvalue weighted by Gasteiger charge is -2.20. The van der Waals surface area contributed by atoms with Gasteiger partial charge >= 0.3 is 5.97 Å². The zero-order valence-corrected chi connectivity index (χ0v) is 12.1. The summed E-state index contributed by atoms with van der Waals surface area (Å²) in [5, 5.41) is 9.19. The van der Waals surface area contributed by atoms with Crippen molar-refractivity contribution in [3.05, 3.63) is 35.0 Å². The highest BCUT2D eigenvalue weighted by atomic mass is 16.4. The van der Waals surface area contributed by atoms with Crippen LogP contribution in [0, 0.1) is 6.92 Å². The van der Waals surface area contributed by atoms with Crippen LogP contribution in [0.5, 0.6) is 0 Å². The number of nitrogens with zero attached hydrogens (tertiary/aromatic N) is 1. The van der Waals surface area contributed by atoms with E-state index in [0.29, 0.717) is 5.69 Å². The molecule has 0 aliphatic carbocycles. The zero-order valence-electron chi connectivity index (χ0n) is 12.1. The van der Waals surface area contributed by atoms with Gasteiger partial charge in [0, 0.05) is 5.56 Å². The number of aryl methyl sites for hydroxylation is 1. The summed E-state index contributed by atoms with van der Waals surface area (Å²) in [6.07, 6.45) is 0. The fourth-order valence-corrected chi connectivity index (χ4v) is 2.14. The van der Waals surface area contributed by atoms with Crippen molar-refractivity contribution in [2.75, 3.05) is 5.73 Å². The van der Waals surface area contributed by atoms with E-state index in [2.05, 4.69) is 36.8 Å². The number of imidazole rings is 1. The lowest BCUT2D eigenvalue weighted by atomic mass is 9.85. The molecule has 0 aliphatic rings. The van der Waals surface area contributed by atoms with E-state index in [1.807, 2.05) is 19.1 Å². The number of carbonyl (C=O) groups is 1. The fraction of sp³-hybridized carbons (Fsp3) is 0.333. The molecule has 0 radical (unpaired) electrons. The van der Waals surface area contributed by atoms with E-state index >= 15 is 0 Å². The Morgan fingerprint density at radius 3 is 2.50 bits per heavy atom. The van der Waals surface area contributed by atoms with Gasteiger partial charge in [-0.2, -0.15) is 0 Å². The Kier molecular flexibility index (Phi) is 3.29. The second-order valence-electron chi connectivity index (χ2n) is 5.93. The number of anilines is 1. The standard InChI is InChI=1S/C15H19N3O2/c1-8-7-9(15(2,3)4)5-6-10(8)11-12(13(19)20)18-14(16)17-11/h5-7H,1-4H3,(H,19,20)(H3,16,17,18). The van der Waals surface area contributed by atoms with Gasteiger partial charge in [-0.25, -0.2) is 9.78 Å². The average Bonchev–Trinajstić information content (AvgIpc) is 2.70. The van der Waals surface area contributed by atoms with Crippen LogP contribution in [0.1, 0.15) is 42.4 Å². The van der Waals surface area contributed by atoms with Gasteiger partial charge in [-0.05, 0) is 23.5 Å². The molecule has 5 nitrogen and oxygen atoms in total. The molecule has 0 saturated heterocycles. The van der Waals surface area contributed by atoms with Crippen molar-refractivity contribution in [2.24, 2.45) is 0 Å². The van der Waals surface area contributed by atoms with Crippen molar-refractivity contribution in [2.45, 2.75) is 33.1 Å². The monoisotopic (exact) mass is 273 g/mol. The van der Waals surface area contributed by atoms with Crippen LogP contribution in [-0.2, 0) is 5.41 Å². The predicted molar refractivity (Wildman–Crippen MR) is 78.8 cm³/mol. The first kappa shape index (κ1) is 14.1. The van der Waals surface area contributed by atoms with E-state index in [1.54, 1.807) is 0 Å². The number of carboxylic acids is 1. The first-order valence-corrected chi connectivity index (χ1v) is 6.40. The molecule has 0 fully saturated rings. The van der Waals surface area contributed by atoms with E-state index in [9.17, 15) is 9.90 Å². The zero-order chi connectivity index (χ0) is 15.1. The number of benzene rings is 1. The molecular weight excluding hydrogens is 254 g/mol. The molecule has 1 heterocycles. The van der Waals surface area contributed by atoms with Crippen molar-refractivity contribution < 1.29 is 9.90 Å². The second kappa shape index (κ2) is 4.67. The van der Waals surface area contributed by atoms with E-state index < -0.39 is 5.97 Å². The van der Waals surface area contributed by atoms with Crippen molar-refractivity contribution in [1.29, 1.82) is 0 Å². The molecule has 0 bridgehead atoms. The summed E-state index contributed by atoms with van der Waals surface area (Å²) in [5.41, 5.74) is 8.98. The van der Waals surface area contributed by atoms with Crippen LogP contribution < -0.4 is 5.73 Å².